The number of aryl methyl sites for hydroxylation is 1. The molecular weight excluding hydrogens is 248 g/mol. The van der Waals surface area contributed by atoms with Crippen LogP contribution in [0.3, 0.4) is 0 Å². The van der Waals surface area contributed by atoms with Crippen molar-refractivity contribution in [3.8, 4) is 0 Å². The highest BCUT2D eigenvalue weighted by Gasteiger charge is 2.18. The van der Waals surface area contributed by atoms with E-state index >= 15 is 0 Å². The van der Waals surface area contributed by atoms with E-state index in [0.717, 1.165) is 5.69 Å². The molecule has 0 spiro atoms. The first-order chi connectivity index (χ1) is 9.11. The smallest absolute Gasteiger partial charge is 0.361 e. The van der Waals surface area contributed by atoms with E-state index in [1.54, 1.807) is 17.7 Å². The summed E-state index contributed by atoms with van der Waals surface area (Å²) < 4.78 is 11.6. The van der Waals surface area contributed by atoms with Crippen molar-refractivity contribution >= 4 is 5.97 Å². The van der Waals surface area contributed by atoms with Crippen LogP contribution >= 0.6 is 0 Å². The first-order valence-electron chi connectivity index (χ1n) is 5.72. The van der Waals surface area contributed by atoms with Gasteiger partial charge < -0.3 is 9.26 Å². The van der Waals surface area contributed by atoms with Crippen molar-refractivity contribution in [3.05, 3.63) is 41.6 Å². The number of aromatic nitrogens is 4. The summed E-state index contributed by atoms with van der Waals surface area (Å²) >= 11 is 0. The van der Waals surface area contributed by atoms with E-state index in [9.17, 15) is 4.79 Å². The maximum absolute atomic E-state index is 11.7. The molecule has 0 atom stereocenters. The zero-order valence-corrected chi connectivity index (χ0v) is 10.8. The molecule has 7 heteroatoms. The zero-order chi connectivity index (χ0) is 13.8. The zero-order valence-electron chi connectivity index (χ0n) is 10.8. The number of hydrogen-bond acceptors (Lipinski definition) is 6. The second kappa shape index (κ2) is 5.47. The lowest BCUT2D eigenvalue weighted by atomic mass is 10.3. The third-order valence-corrected chi connectivity index (χ3v) is 2.49. The minimum absolute atomic E-state index is 0.145. The van der Waals surface area contributed by atoms with Crippen LogP contribution in [0.4, 0.5) is 0 Å². The molecule has 0 saturated heterocycles. The topological polar surface area (TPSA) is 83.0 Å². The Labute approximate surface area is 109 Å². The van der Waals surface area contributed by atoms with Crippen molar-refractivity contribution in [2.45, 2.75) is 20.4 Å². The van der Waals surface area contributed by atoms with Crippen molar-refractivity contribution in [1.29, 1.82) is 0 Å². The monoisotopic (exact) mass is 262 g/mol. The molecule has 0 aromatic carbocycles. The van der Waals surface area contributed by atoms with Gasteiger partial charge in [0.05, 0.1) is 11.4 Å². The van der Waals surface area contributed by atoms with E-state index < -0.39 is 5.97 Å². The van der Waals surface area contributed by atoms with Gasteiger partial charge in [0.1, 0.15) is 13.2 Å². The van der Waals surface area contributed by atoms with Gasteiger partial charge in [-0.05, 0) is 13.8 Å². The lowest BCUT2D eigenvalue weighted by Gasteiger charge is -2.01. The first-order valence-corrected chi connectivity index (χ1v) is 5.72. The van der Waals surface area contributed by atoms with Gasteiger partial charge in [-0.3, -0.25) is 0 Å². The molecule has 0 amide bonds. The molecule has 2 rings (SSSR count). The van der Waals surface area contributed by atoms with Crippen LogP contribution in [0.2, 0.25) is 0 Å². The largest absolute Gasteiger partial charge is 0.457 e. The van der Waals surface area contributed by atoms with Gasteiger partial charge in [-0.15, -0.1) is 5.10 Å². The van der Waals surface area contributed by atoms with Gasteiger partial charge in [-0.25, -0.2) is 9.48 Å². The Kier molecular flexibility index (Phi) is 3.74. The summed E-state index contributed by atoms with van der Waals surface area (Å²) in [5, 5.41) is 11.5. The predicted octanol–water partition coefficient (Wildman–Crippen LogP) is 1.27. The summed E-state index contributed by atoms with van der Waals surface area (Å²) in [5.41, 5.74) is 1.60. The normalized spacial score (nSPS) is 10.4. The number of esters is 1. The van der Waals surface area contributed by atoms with E-state index in [2.05, 4.69) is 22.0 Å². The second-order valence-corrected chi connectivity index (χ2v) is 4.00. The molecule has 7 nitrogen and oxygen atoms in total. The molecule has 0 fully saturated rings. The van der Waals surface area contributed by atoms with Gasteiger partial charge in [0.25, 0.3) is 0 Å². The fraction of sp³-hybridized carbons (Fsp3) is 0.333. The predicted molar refractivity (Wildman–Crippen MR) is 65.6 cm³/mol. The van der Waals surface area contributed by atoms with E-state index in [-0.39, 0.29) is 12.3 Å². The number of nitrogens with zero attached hydrogens (tertiary/aromatic N) is 4. The molecule has 2 aromatic heterocycles. The van der Waals surface area contributed by atoms with Gasteiger partial charge in [0.2, 0.25) is 0 Å². The van der Waals surface area contributed by atoms with Crippen LogP contribution < -0.4 is 0 Å². The molecule has 0 saturated carbocycles. The van der Waals surface area contributed by atoms with Gasteiger partial charge >= 0.3 is 5.97 Å². The maximum Gasteiger partial charge on any atom is 0.361 e. The van der Waals surface area contributed by atoms with Crippen LogP contribution in [0.5, 0.6) is 0 Å². The Balaban J connectivity index is 2.13. The molecular formula is C12H14N4O3. The molecule has 19 heavy (non-hydrogen) atoms. The van der Waals surface area contributed by atoms with Gasteiger partial charge in [-0.1, -0.05) is 23.0 Å². The quantitative estimate of drug-likeness (QED) is 0.596. The van der Waals surface area contributed by atoms with Crippen molar-refractivity contribution in [3.63, 3.8) is 0 Å². The van der Waals surface area contributed by atoms with Crippen molar-refractivity contribution < 1.29 is 14.1 Å². The maximum atomic E-state index is 11.7. The number of carbonyl (C=O) groups is 1. The Morgan fingerprint density at radius 2 is 2.37 bits per heavy atom. The molecule has 2 heterocycles. The lowest BCUT2D eigenvalue weighted by molar-refractivity contribution is 0.0542. The van der Waals surface area contributed by atoms with Crippen LogP contribution in [0, 0.1) is 13.8 Å². The summed E-state index contributed by atoms with van der Waals surface area (Å²) in [6.45, 7) is 7.57. The van der Waals surface area contributed by atoms with Crippen LogP contribution in [-0.4, -0.2) is 32.7 Å². The Morgan fingerprint density at radius 3 is 3.00 bits per heavy atom. The van der Waals surface area contributed by atoms with Crippen molar-refractivity contribution in [2.75, 3.05) is 6.61 Å². The average Bonchev–Trinajstić information content (AvgIpc) is 2.95. The van der Waals surface area contributed by atoms with Crippen LogP contribution in [0.1, 0.15) is 27.6 Å². The van der Waals surface area contributed by atoms with E-state index in [0.29, 0.717) is 18.0 Å². The standard InChI is InChI=1S/C12H14N4O3/c1-4-5-18-12(17)11-9(3)16(15-13-11)7-10-6-8(2)14-19-10/h4,6H,1,5,7H2,2-3H3. The number of rotatable bonds is 5. The van der Waals surface area contributed by atoms with Gasteiger partial charge in [-0.2, -0.15) is 0 Å². The summed E-state index contributed by atoms with van der Waals surface area (Å²) in [6.07, 6.45) is 1.49. The number of hydrogen-bond donors (Lipinski definition) is 0. The summed E-state index contributed by atoms with van der Waals surface area (Å²) in [7, 11) is 0. The molecule has 0 radical (unpaired) electrons. The highest BCUT2D eigenvalue weighted by atomic mass is 16.5. The SMILES string of the molecule is C=CCOC(=O)c1nnn(Cc2cc(C)no2)c1C. The van der Waals surface area contributed by atoms with Gasteiger partial charge in [0.15, 0.2) is 11.5 Å². The van der Waals surface area contributed by atoms with Crippen LogP contribution in [0.15, 0.2) is 23.2 Å². The highest BCUT2D eigenvalue weighted by Crippen LogP contribution is 2.10. The minimum Gasteiger partial charge on any atom is -0.457 e. The molecule has 2 aromatic rings. The highest BCUT2D eigenvalue weighted by molar-refractivity contribution is 5.88. The van der Waals surface area contributed by atoms with E-state index in [4.69, 9.17) is 9.26 Å². The van der Waals surface area contributed by atoms with Crippen LogP contribution in [-0.2, 0) is 11.3 Å². The van der Waals surface area contributed by atoms with Crippen LogP contribution in [0.25, 0.3) is 0 Å². The summed E-state index contributed by atoms with van der Waals surface area (Å²) in [4.78, 5) is 11.7. The molecule has 0 aliphatic heterocycles. The van der Waals surface area contributed by atoms with E-state index in [1.165, 1.54) is 6.08 Å². The second-order valence-electron chi connectivity index (χ2n) is 4.00. The Morgan fingerprint density at radius 1 is 1.58 bits per heavy atom. The first kappa shape index (κ1) is 13.0. The minimum atomic E-state index is -0.516. The fourth-order valence-corrected chi connectivity index (χ4v) is 1.54. The molecule has 0 N–H and O–H groups in total. The lowest BCUT2D eigenvalue weighted by Crippen LogP contribution is -2.09. The average molecular weight is 262 g/mol. The number of ether oxygens (including phenoxy) is 1. The molecule has 0 aliphatic rings. The molecule has 0 aliphatic carbocycles. The summed E-state index contributed by atoms with van der Waals surface area (Å²) in [5.74, 6) is 0.133. The fourth-order valence-electron chi connectivity index (χ4n) is 1.54. The number of carbonyl (C=O) groups excluding carboxylic acids is 1. The Bertz CT molecular complexity index is 600. The summed E-state index contributed by atoms with van der Waals surface area (Å²) in [6, 6.07) is 1.80. The third kappa shape index (κ3) is 2.87. The molecule has 0 bridgehead atoms. The van der Waals surface area contributed by atoms with E-state index in [1.807, 2.05) is 6.92 Å². The van der Waals surface area contributed by atoms with Gasteiger partial charge in [0, 0.05) is 6.07 Å². The Hall–Kier alpha value is -2.44. The van der Waals surface area contributed by atoms with Crippen molar-refractivity contribution in [1.82, 2.24) is 20.2 Å². The van der Waals surface area contributed by atoms with Crippen molar-refractivity contribution in [2.24, 2.45) is 0 Å². The third-order valence-electron chi connectivity index (χ3n) is 2.49. The molecule has 0 unspecified atom stereocenters. The molecule has 100 valence electrons.